The first-order valence-electron chi connectivity index (χ1n) is 10.5. The quantitative estimate of drug-likeness (QED) is 0.519. The van der Waals surface area contributed by atoms with Gasteiger partial charge in [-0.05, 0) is 30.7 Å². The molecule has 0 bridgehead atoms. The van der Waals surface area contributed by atoms with Crippen molar-refractivity contribution in [2.24, 2.45) is 10.4 Å². The van der Waals surface area contributed by atoms with E-state index in [1.54, 1.807) is 54.6 Å². The van der Waals surface area contributed by atoms with E-state index in [0.29, 0.717) is 15.6 Å². The van der Waals surface area contributed by atoms with Gasteiger partial charge < -0.3 is 0 Å². The highest BCUT2D eigenvalue weighted by Gasteiger charge is 2.72. The summed E-state index contributed by atoms with van der Waals surface area (Å²) in [6.07, 6.45) is -6.28. The number of alkyl halides is 3. The average molecular weight is 484 g/mol. The fraction of sp³-hybridized carbons (Fsp3) is 0.200. The topological polar surface area (TPSA) is 66.8 Å². The normalized spacial score (nSPS) is 24.1. The molecule has 0 unspecified atom stereocenters. The summed E-state index contributed by atoms with van der Waals surface area (Å²) >= 11 is 0. The van der Waals surface area contributed by atoms with Gasteiger partial charge in [0.05, 0.1) is 28.1 Å². The van der Waals surface area contributed by atoms with Crippen LogP contribution in [0.3, 0.4) is 0 Å². The molecule has 5 rings (SSSR count). The highest BCUT2D eigenvalue weighted by molar-refractivity contribution is 7.93. The minimum absolute atomic E-state index is 0.00526. The zero-order valence-electron chi connectivity index (χ0n) is 18.0. The Morgan fingerprint density at radius 1 is 0.882 bits per heavy atom. The Bertz CT molecular complexity index is 1420. The van der Waals surface area contributed by atoms with Crippen LogP contribution in [0.4, 0.5) is 18.9 Å². The summed E-state index contributed by atoms with van der Waals surface area (Å²) in [5.74, 6) is -1.16. The van der Waals surface area contributed by atoms with Crippen LogP contribution in [0.25, 0.3) is 0 Å². The predicted molar refractivity (Wildman–Crippen MR) is 121 cm³/mol. The monoisotopic (exact) mass is 484 g/mol. The number of amides is 1. The number of hydrogen-bond donors (Lipinski definition) is 0. The van der Waals surface area contributed by atoms with E-state index in [1.165, 1.54) is 30.3 Å². The number of anilines is 1. The third-order valence-electron chi connectivity index (χ3n) is 6.42. The molecule has 3 aromatic carbocycles. The van der Waals surface area contributed by atoms with Crippen LogP contribution in [-0.2, 0) is 20.4 Å². The maximum absolute atomic E-state index is 13.9. The van der Waals surface area contributed by atoms with Crippen molar-refractivity contribution in [1.82, 2.24) is 0 Å². The number of nitrogens with zero attached hydrogens (tertiary/aromatic N) is 2. The van der Waals surface area contributed by atoms with Gasteiger partial charge in [0.1, 0.15) is 5.54 Å². The SMILES string of the molecule is C[C@@]1(CC(F)(F)F)C(=O)N(S(=O)(=O)c2ccccc2)c2ccccc2[C@@]12N=C2c1ccccc1. The smallest absolute Gasteiger partial charge is 0.273 e. The van der Waals surface area contributed by atoms with Crippen molar-refractivity contribution in [1.29, 1.82) is 0 Å². The van der Waals surface area contributed by atoms with Crippen LogP contribution in [-0.4, -0.2) is 26.2 Å². The predicted octanol–water partition coefficient (Wildman–Crippen LogP) is 5.08. The number of halogens is 3. The first kappa shape index (κ1) is 22.3. The molecule has 9 heteroatoms. The van der Waals surface area contributed by atoms with Crippen molar-refractivity contribution in [3.05, 3.63) is 96.1 Å². The molecule has 0 fully saturated rings. The molecule has 2 aliphatic rings. The van der Waals surface area contributed by atoms with Gasteiger partial charge >= 0.3 is 6.18 Å². The van der Waals surface area contributed by atoms with Gasteiger partial charge in [0.15, 0.2) is 0 Å². The number of sulfonamides is 1. The van der Waals surface area contributed by atoms with Crippen LogP contribution in [0.2, 0.25) is 0 Å². The molecule has 0 saturated heterocycles. The van der Waals surface area contributed by atoms with Gasteiger partial charge in [0, 0.05) is 5.56 Å². The molecule has 2 heterocycles. The van der Waals surface area contributed by atoms with Gasteiger partial charge in [-0.3, -0.25) is 9.79 Å². The van der Waals surface area contributed by atoms with Crippen molar-refractivity contribution >= 4 is 27.3 Å². The molecule has 0 aromatic heterocycles. The lowest BCUT2D eigenvalue weighted by atomic mass is 9.63. The van der Waals surface area contributed by atoms with Gasteiger partial charge in [-0.2, -0.15) is 13.2 Å². The largest absolute Gasteiger partial charge is 0.390 e. The molecule has 2 atom stereocenters. The minimum atomic E-state index is -4.74. The zero-order chi connectivity index (χ0) is 24.4. The number of hydrogen-bond acceptors (Lipinski definition) is 4. The molecule has 0 aliphatic carbocycles. The Hall–Kier alpha value is -3.46. The molecule has 34 heavy (non-hydrogen) atoms. The van der Waals surface area contributed by atoms with Gasteiger partial charge in [-0.15, -0.1) is 0 Å². The molecule has 0 N–H and O–H groups in total. The van der Waals surface area contributed by atoms with Crippen LogP contribution in [0.1, 0.15) is 24.5 Å². The third kappa shape index (κ3) is 3.10. The molecule has 3 aromatic rings. The second-order valence-corrected chi connectivity index (χ2v) is 10.4. The van der Waals surface area contributed by atoms with Crippen molar-refractivity contribution < 1.29 is 26.4 Å². The molecule has 0 saturated carbocycles. The Morgan fingerprint density at radius 2 is 1.44 bits per heavy atom. The van der Waals surface area contributed by atoms with Crippen molar-refractivity contribution in [2.75, 3.05) is 4.31 Å². The molecule has 0 radical (unpaired) electrons. The van der Waals surface area contributed by atoms with E-state index in [0.717, 1.165) is 6.92 Å². The van der Waals surface area contributed by atoms with Gasteiger partial charge in [-0.1, -0.05) is 66.7 Å². The lowest BCUT2D eigenvalue weighted by molar-refractivity contribution is -0.169. The number of aliphatic imine (C=N–C) groups is 1. The molecular weight excluding hydrogens is 465 g/mol. The molecule has 174 valence electrons. The number of carbonyl (C=O) groups excluding carboxylic acids is 1. The van der Waals surface area contributed by atoms with Crippen molar-refractivity contribution in [3.8, 4) is 0 Å². The van der Waals surface area contributed by atoms with Crippen LogP contribution < -0.4 is 4.31 Å². The van der Waals surface area contributed by atoms with E-state index in [2.05, 4.69) is 4.99 Å². The summed E-state index contributed by atoms with van der Waals surface area (Å²) < 4.78 is 69.4. The van der Waals surface area contributed by atoms with E-state index in [9.17, 15) is 26.4 Å². The van der Waals surface area contributed by atoms with Gasteiger partial charge in [-0.25, -0.2) is 12.7 Å². The standard InChI is InChI=1S/C25H19F3N2O3S/c1-23(16-24(26,27)28)22(31)30(34(32,33)18-12-6-3-7-13-18)20-15-9-8-14-19(20)25(23)21(29-25)17-10-4-2-5-11-17/h2-15H,16H2,1H3/t23-,25+/m1/s1. The highest BCUT2D eigenvalue weighted by atomic mass is 32.2. The van der Waals surface area contributed by atoms with Crippen molar-refractivity contribution in [2.45, 2.75) is 30.0 Å². The number of benzene rings is 3. The summed E-state index contributed by atoms with van der Waals surface area (Å²) in [6, 6.07) is 22.0. The van der Waals surface area contributed by atoms with Crippen LogP contribution >= 0.6 is 0 Å². The number of para-hydroxylation sites is 1. The Labute approximate surface area is 194 Å². The average Bonchev–Trinajstić information content (AvgIpc) is 3.56. The fourth-order valence-corrected chi connectivity index (χ4v) is 6.41. The lowest BCUT2D eigenvalue weighted by Gasteiger charge is -2.45. The van der Waals surface area contributed by atoms with Gasteiger partial charge in [0.25, 0.3) is 15.9 Å². The van der Waals surface area contributed by atoms with Crippen molar-refractivity contribution in [3.63, 3.8) is 0 Å². The van der Waals surface area contributed by atoms with E-state index in [4.69, 9.17) is 0 Å². The van der Waals surface area contributed by atoms with E-state index in [1.807, 2.05) is 0 Å². The highest BCUT2D eigenvalue weighted by Crippen LogP contribution is 2.64. The summed E-state index contributed by atoms with van der Waals surface area (Å²) in [6.45, 7) is 1.16. The van der Waals surface area contributed by atoms with E-state index >= 15 is 0 Å². The summed E-state index contributed by atoms with van der Waals surface area (Å²) in [5.41, 5.74) is -2.67. The second-order valence-electron chi connectivity index (χ2n) is 8.57. The van der Waals surface area contributed by atoms with Gasteiger partial charge in [0.2, 0.25) is 0 Å². The molecule has 2 aliphatic heterocycles. The maximum Gasteiger partial charge on any atom is 0.390 e. The summed E-state index contributed by atoms with van der Waals surface area (Å²) in [4.78, 5) is 18.2. The third-order valence-corrected chi connectivity index (χ3v) is 8.13. The Kier molecular flexibility index (Phi) is 4.77. The zero-order valence-corrected chi connectivity index (χ0v) is 18.8. The molecule has 1 amide bonds. The fourth-order valence-electron chi connectivity index (χ4n) is 4.86. The first-order chi connectivity index (χ1) is 16.0. The number of rotatable bonds is 4. The number of fused-ring (bicyclic) bond motifs is 2. The number of carbonyl (C=O) groups is 1. The lowest BCUT2D eigenvalue weighted by Crippen LogP contribution is -2.58. The second kappa shape index (κ2) is 7.27. The van der Waals surface area contributed by atoms with E-state index < -0.39 is 39.5 Å². The van der Waals surface area contributed by atoms with Crippen LogP contribution in [0.5, 0.6) is 0 Å². The summed E-state index contributed by atoms with van der Waals surface area (Å²) in [5, 5.41) is 0. The Balaban J connectivity index is 1.77. The Morgan fingerprint density at radius 3 is 2.06 bits per heavy atom. The maximum atomic E-state index is 13.9. The van der Waals surface area contributed by atoms with Crippen LogP contribution in [0.15, 0.2) is 94.8 Å². The minimum Gasteiger partial charge on any atom is -0.273 e. The van der Waals surface area contributed by atoms with Crippen LogP contribution in [0, 0.1) is 5.41 Å². The molecular formula is C25H19F3N2O3S. The molecule has 1 spiro atoms. The van der Waals surface area contributed by atoms with E-state index in [-0.39, 0.29) is 16.1 Å². The molecule has 5 nitrogen and oxygen atoms in total. The first-order valence-corrected chi connectivity index (χ1v) is 11.9. The summed E-state index contributed by atoms with van der Waals surface area (Å²) in [7, 11) is -4.49.